The zero-order valence-corrected chi connectivity index (χ0v) is 10.1. The summed E-state index contributed by atoms with van der Waals surface area (Å²) in [5.74, 6) is -4.27. The second kappa shape index (κ2) is 6.41. The third-order valence-electron chi connectivity index (χ3n) is 2.42. The molecule has 10 heteroatoms. The van der Waals surface area contributed by atoms with E-state index in [2.05, 4.69) is 14.2 Å². The molecule has 1 saturated heterocycles. The summed E-state index contributed by atoms with van der Waals surface area (Å²) in [4.78, 5) is 45.7. The Labute approximate surface area is 111 Å². The molecule has 3 unspecified atom stereocenters. The van der Waals surface area contributed by atoms with Crippen LogP contribution in [0.15, 0.2) is 0 Å². The van der Waals surface area contributed by atoms with Gasteiger partial charge in [-0.2, -0.15) is 0 Å². The fourth-order valence-electron chi connectivity index (χ4n) is 1.26. The number of cyclic esters (lactones) is 3. The summed E-state index contributed by atoms with van der Waals surface area (Å²) < 4.78 is 13.4. The molecule has 0 aromatic rings. The van der Waals surface area contributed by atoms with Gasteiger partial charge >= 0.3 is 17.9 Å². The molecule has 0 spiro atoms. The van der Waals surface area contributed by atoms with Crippen molar-refractivity contribution in [3.05, 3.63) is 0 Å². The van der Waals surface area contributed by atoms with Crippen LogP contribution in [0.4, 0.5) is 0 Å². The summed E-state index contributed by atoms with van der Waals surface area (Å²) in [5, 5.41) is 26.9. The zero-order valence-electron chi connectivity index (χ0n) is 10.1. The van der Waals surface area contributed by atoms with Gasteiger partial charge in [0.25, 0.3) is 5.60 Å². The van der Waals surface area contributed by atoms with Crippen LogP contribution < -0.4 is 0 Å². The standard InChI is InChI=1S/C10H12O10/c11-1-5-7(15)18-6(2-12)8(16)20-10(3-13,4-14)9(17)19-5/h3,5-6,11-12,14H,1-2,4H2. The third kappa shape index (κ3) is 2.92. The molecule has 1 fully saturated rings. The first-order valence-corrected chi connectivity index (χ1v) is 5.37. The van der Waals surface area contributed by atoms with Crippen LogP contribution in [0.2, 0.25) is 0 Å². The average molecular weight is 292 g/mol. The van der Waals surface area contributed by atoms with Crippen LogP contribution >= 0.6 is 0 Å². The molecule has 3 atom stereocenters. The van der Waals surface area contributed by atoms with Gasteiger partial charge in [-0.05, 0) is 0 Å². The Hall–Kier alpha value is -2.04. The van der Waals surface area contributed by atoms with Gasteiger partial charge < -0.3 is 29.5 Å². The molecule has 0 amide bonds. The van der Waals surface area contributed by atoms with Crippen molar-refractivity contribution in [3.8, 4) is 0 Å². The number of carbonyl (C=O) groups is 4. The van der Waals surface area contributed by atoms with E-state index >= 15 is 0 Å². The normalized spacial score (nSPS) is 31.2. The Morgan fingerprint density at radius 1 is 1.00 bits per heavy atom. The first-order valence-electron chi connectivity index (χ1n) is 5.37. The highest BCUT2D eigenvalue weighted by molar-refractivity contribution is 6.01. The molecule has 0 bridgehead atoms. The fourth-order valence-corrected chi connectivity index (χ4v) is 1.26. The average Bonchev–Trinajstić information content (AvgIpc) is 2.49. The molecular weight excluding hydrogens is 280 g/mol. The maximum Gasteiger partial charge on any atom is 0.361 e. The molecule has 1 aliphatic rings. The van der Waals surface area contributed by atoms with Crippen LogP contribution in [0.1, 0.15) is 0 Å². The first-order chi connectivity index (χ1) is 9.43. The number of rotatable bonds is 4. The number of ether oxygens (including phenoxy) is 3. The van der Waals surface area contributed by atoms with E-state index in [0.29, 0.717) is 0 Å². The molecule has 3 N–H and O–H groups in total. The molecule has 0 aromatic heterocycles. The molecule has 0 aromatic carbocycles. The number of carbonyl (C=O) groups excluding carboxylic acids is 4. The van der Waals surface area contributed by atoms with Crippen LogP contribution in [-0.4, -0.2) is 77.1 Å². The van der Waals surface area contributed by atoms with Gasteiger partial charge in [0.15, 0.2) is 6.29 Å². The summed E-state index contributed by atoms with van der Waals surface area (Å²) in [6.07, 6.45) is -3.83. The molecule has 0 saturated carbocycles. The van der Waals surface area contributed by atoms with E-state index in [-0.39, 0.29) is 6.29 Å². The van der Waals surface area contributed by atoms with Crippen molar-refractivity contribution < 1.29 is 48.7 Å². The second-order valence-corrected chi connectivity index (χ2v) is 3.77. The molecule has 0 radical (unpaired) electrons. The van der Waals surface area contributed by atoms with Gasteiger partial charge in [0.1, 0.15) is 6.61 Å². The van der Waals surface area contributed by atoms with Crippen LogP contribution in [0.3, 0.4) is 0 Å². The van der Waals surface area contributed by atoms with Gasteiger partial charge in [-0.25, -0.2) is 14.4 Å². The quantitative estimate of drug-likeness (QED) is 0.204. The molecule has 10 nitrogen and oxygen atoms in total. The van der Waals surface area contributed by atoms with Crippen molar-refractivity contribution in [2.24, 2.45) is 0 Å². The first kappa shape index (κ1) is 16.0. The SMILES string of the molecule is O=CC1(CO)OC(=O)C(CO)OC(=O)C(CO)OC1=O. The van der Waals surface area contributed by atoms with Crippen LogP contribution in [0, 0.1) is 0 Å². The largest absolute Gasteiger partial charge is 0.445 e. The Morgan fingerprint density at radius 2 is 1.55 bits per heavy atom. The van der Waals surface area contributed by atoms with Crippen molar-refractivity contribution in [2.75, 3.05) is 19.8 Å². The van der Waals surface area contributed by atoms with Gasteiger partial charge in [-0.1, -0.05) is 0 Å². The number of aliphatic hydroxyl groups is 3. The molecule has 1 aliphatic heterocycles. The summed E-state index contributed by atoms with van der Waals surface area (Å²) in [6, 6.07) is 0. The monoisotopic (exact) mass is 292 g/mol. The maximum atomic E-state index is 11.7. The highest BCUT2D eigenvalue weighted by Gasteiger charge is 2.49. The molecule has 1 heterocycles. The van der Waals surface area contributed by atoms with E-state index in [0.717, 1.165) is 0 Å². The molecular formula is C10H12O10. The topological polar surface area (TPSA) is 157 Å². The lowest BCUT2D eigenvalue weighted by molar-refractivity contribution is -0.190. The summed E-state index contributed by atoms with van der Waals surface area (Å²) in [7, 11) is 0. The van der Waals surface area contributed by atoms with Crippen molar-refractivity contribution in [3.63, 3.8) is 0 Å². The van der Waals surface area contributed by atoms with E-state index in [9.17, 15) is 19.2 Å². The van der Waals surface area contributed by atoms with Crippen LogP contribution in [0.5, 0.6) is 0 Å². The van der Waals surface area contributed by atoms with Gasteiger partial charge in [-0.3, -0.25) is 4.79 Å². The highest BCUT2D eigenvalue weighted by Crippen LogP contribution is 2.17. The van der Waals surface area contributed by atoms with E-state index in [1.165, 1.54) is 0 Å². The lowest BCUT2D eigenvalue weighted by atomic mass is 10.1. The maximum absolute atomic E-state index is 11.7. The predicted molar refractivity (Wildman–Crippen MR) is 55.9 cm³/mol. The van der Waals surface area contributed by atoms with E-state index < -0.39 is 55.5 Å². The smallest absolute Gasteiger partial charge is 0.361 e. The summed E-state index contributed by atoms with van der Waals surface area (Å²) >= 11 is 0. The molecule has 0 aliphatic carbocycles. The van der Waals surface area contributed by atoms with E-state index in [1.54, 1.807) is 0 Å². The molecule has 1 rings (SSSR count). The van der Waals surface area contributed by atoms with Gasteiger partial charge in [0, 0.05) is 0 Å². The number of esters is 3. The van der Waals surface area contributed by atoms with Crippen molar-refractivity contribution in [2.45, 2.75) is 17.8 Å². The number of hydrogen-bond acceptors (Lipinski definition) is 10. The Kier molecular flexibility index (Phi) is 5.13. The third-order valence-corrected chi connectivity index (χ3v) is 2.42. The lowest BCUT2D eigenvalue weighted by Gasteiger charge is -2.23. The highest BCUT2D eigenvalue weighted by atomic mass is 16.7. The summed E-state index contributed by atoms with van der Waals surface area (Å²) in [6.45, 7) is -3.22. The fraction of sp³-hybridized carbons (Fsp3) is 0.600. The van der Waals surface area contributed by atoms with Crippen molar-refractivity contribution >= 4 is 24.2 Å². The van der Waals surface area contributed by atoms with Crippen molar-refractivity contribution in [1.29, 1.82) is 0 Å². The van der Waals surface area contributed by atoms with Crippen LogP contribution in [0.25, 0.3) is 0 Å². The Balaban J connectivity index is 3.21. The van der Waals surface area contributed by atoms with Crippen molar-refractivity contribution in [1.82, 2.24) is 0 Å². The Morgan fingerprint density at radius 3 is 2.00 bits per heavy atom. The predicted octanol–water partition coefficient (Wildman–Crippen LogP) is -3.72. The second-order valence-electron chi connectivity index (χ2n) is 3.77. The van der Waals surface area contributed by atoms with Gasteiger partial charge in [0.05, 0.1) is 13.2 Å². The van der Waals surface area contributed by atoms with Gasteiger partial charge in [-0.15, -0.1) is 0 Å². The minimum Gasteiger partial charge on any atom is -0.445 e. The minimum absolute atomic E-state index is 0.189. The summed E-state index contributed by atoms with van der Waals surface area (Å²) in [5.41, 5.74) is -2.69. The molecule has 20 heavy (non-hydrogen) atoms. The minimum atomic E-state index is -2.69. The van der Waals surface area contributed by atoms with Gasteiger partial charge in [0.2, 0.25) is 12.2 Å². The van der Waals surface area contributed by atoms with E-state index in [4.69, 9.17) is 15.3 Å². The molecule has 112 valence electrons. The number of aliphatic hydroxyl groups excluding tert-OH is 3. The van der Waals surface area contributed by atoms with Crippen LogP contribution in [-0.2, 0) is 33.4 Å². The zero-order chi connectivity index (χ0) is 15.3. The lowest BCUT2D eigenvalue weighted by Crippen LogP contribution is -2.51. The number of aldehydes is 1. The van der Waals surface area contributed by atoms with E-state index in [1.807, 2.05) is 0 Å². The Bertz CT molecular complexity index is 416. The number of hydrogen-bond donors (Lipinski definition) is 3.